The van der Waals surface area contributed by atoms with Crippen molar-refractivity contribution in [3.05, 3.63) is 53.9 Å². The molecule has 1 aliphatic rings. The quantitative estimate of drug-likeness (QED) is 0.813. The number of ketones is 1. The van der Waals surface area contributed by atoms with Gasteiger partial charge >= 0.3 is 6.18 Å². The van der Waals surface area contributed by atoms with Crippen molar-refractivity contribution in [3.63, 3.8) is 0 Å². The molecule has 0 saturated carbocycles. The van der Waals surface area contributed by atoms with E-state index in [1.165, 1.54) is 18.5 Å². The van der Waals surface area contributed by atoms with E-state index in [-0.39, 0.29) is 11.5 Å². The van der Waals surface area contributed by atoms with Crippen LogP contribution in [0, 0.1) is 0 Å². The number of hydrogen-bond acceptors (Lipinski definition) is 2. The van der Waals surface area contributed by atoms with Gasteiger partial charge in [0.05, 0.1) is 6.61 Å². The second-order valence-corrected chi connectivity index (χ2v) is 4.97. The van der Waals surface area contributed by atoms with E-state index in [0.717, 1.165) is 11.3 Å². The minimum atomic E-state index is -4.84. The fraction of sp³-hybridized carbons (Fsp3) is 0.267. The minimum Gasteiger partial charge on any atom is -0.493 e. The molecule has 1 aromatic heterocycles. The Morgan fingerprint density at radius 1 is 1.29 bits per heavy atom. The van der Waals surface area contributed by atoms with E-state index in [4.69, 9.17) is 4.74 Å². The summed E-state index contributed by atoms with van der Waals surface area (Å²) in [5, 5.41) is 0. The molecule has 2 aromatic rings. The summed E-state index contributed by atoms with van der Waals surface area (Å²) in [7, 11) is 0. The topological polar surface area (TPSA) is 31.2 Å². The van der Waals surface area contributed by atoms with Gasteiger partial charge < -0.3 is 9.30 Å². The molecule has 21 heavy (non-hydrogen) atoms. The fourth-order valence-electron chi connectivity index (χ4n) is 2.49. The number of ether oxygens (including phenoxy) is 1. The molecule has 1 unspecified atom stereocenters. The second-order valence-electron chi connectivity index (χ2n) is 4.97. The van der Waals surface area contributed by atoms with Crippen LogP contribution in [0.1, 0.15) is 21.8 Å². The molecule has 3 nitrogen and oxygen atoms in total. The summed E-state index contributed by atoms with van der Waals surface area (Å²) in [6, 6.07) is 8.77. The van der Waals surface area contributed by atoms with Gasteiger partial charge in [0.2, 0.25) is 0 Å². The first-order valence-corrected chi connectivity index (χ1v) is 6.44. The number of rotatable bonds is 3. The highest BCUT2D eigenvalue weighted by Crippen LogP contribution is 2.34. The van der Waals surface area contributed by atoms with Crippen LogP contribution >= 0.6 is 0 Å². The van der Waals surface area contributed by atoms with Crippen LogP contribution in [0.15, 0.2) is 42.7 Å². The Hall–Kier alpha value is -2.24. The Kier molecular flexibility index (Phi) is 3.23. The smallest absolute Gasteiger partial charge is 0.454 e. The fourth-order valence-corrected chi connectivity index (χ4v) is 2.49. The van der Waals surface area contributed by atoms with E-state index < -0.39 is 12.0 Å². The van der Waals surface area contributed by atoms with Gasteiger partial charge in [-0.1, -0.05) is 18.2 Å². The van der Waals surface area contributed by atoms with Crippen LogP contribution in [0.4, 0.5) is 13.2 Å². The van der Waals surface area contributed by atoms with E-state index in [1.54, 1.807) is 4.57 Å². The number of alkyl halides is 3. The first-order valence-electron chi connectivity index (χ1n) is 6.44. The lowest BCUT2D eigenvalue weighted by Crippen LogP contribution is -2.22. The Balaban J connectivity index is 1.76. The van der Waals surface area contributed by atoms with E-state index >= 15 is 0 Å². The number of benzene rings is 1. The lowest BCUT2D eigenvalue weighted by Gasteiger charge is -2.10. The maximum absolute atomic E-state index is 12.4. The molecule has 0 N–H and O–H groups in total. The second kappa shape index (κ2) is 4.95. The first-order chi connectivity index (χ1) is 9.95. The largest absolute Gasteiger partial charge is 0.493 e. The molecule has 2 heterocycles. The molecule has 1 atom stereocenters. The lowest BCUT2D eigenvalue weighted by molar-refractivity contribution is -0.0885. The van der Waals surface area contributed by atoms with Crippen molar-refractivity contribution in [1.82, 2.24) is 4.57 Å². The minimum absolute atomic E-state index is 0.0717. The highest BCUT2D eigenvalue weighted by Gasteiger charge is 2.39. The van der Waals surface area contributed by atoms with Crippen molar-refractivity contribution < 1.29 is 22.7 Å². The highest BCUT2D eigenvalue weighted by molar-refractivity contribution is 6.00. The number of para-hydroxylation sites is 1. The summed E-state index contributed by atoms with van der Waals surface area (Å²) in [6.45, 7) is 0.961. The molecule has 0 spiro atoms. The Morgan fingerprint density at radius 3 is 2.81 bits per heavy atom. The maximum Gasteiger partial charge on any atom is 0.454 e. The van der Waals surface area contributed by atoms with Crippen LogP contribution in [0.5, 0.6) is 5.75 Å². The number of halogens is 3. The molecule has 0 radical (unpaired) electrons. The molecule has 0 fully saturated rings. The number of hydrogen-bond donors (Lipinski definition) is 0. The normalized spacial score (nSPS) is 17.4. The Morgan fingerprint density at radius 2 is 2.05 bits per heavy atom. The zero-order valence-electron chi connectivity index (χ0n) is 10.9. The van der Waals surface area contributed by atoms with Gasteiger partial charge in [-0.15, -0.1) is 0 Å². The molecule has 0 saturated heterocycles. The zero-order valence-corrected chi connectivity index (χ0v) is 10.9. The van der Waals surface area contributed by atoms with Crippen molar-refractivity contribution in [2.24, 2.45) is 0 Å². The summed E-state index contributed by atoms with van der Waals surface area (Å²) in [4.78, 5) is 11.2. The molecular formula is C15H12F3NO2. The summed E-state index contributed by atoms with van der Waals surface area (Å²) in [6.07, 6.45) is -2.12. The van der Waals surface area contributed by atoms with Gasteiger partial charge in [0.15, 0.2) is 0 Å². The summed E-state index contributed by atoms with van der Waals surface area (Å²) < 4.78 is 44.2. The molecule has 1 aliphatic heterocycles. The zero-order chi connectivity index (χ0) is 15.0. The summed E-state index contributed by atoms with van der Waals surface area (Å²) in [5.74, 6) is -0.937. The van der Waals surface area contributed by atoms with Gasteiger partial charge in [-0.2, -0.15) is 13.2 Å². The lowest BCUT2D eigenvalue weighted by atomic mass is 10.0. The average molecular weight is 295 g/mol. The van der Waals surface area contributed by atoms with Crippen molar-refractivity contribution in [1.29, 1.82) is 0 Å². The van der Waals surface area contributed by atoms with Gasteiger partial charge in [-0.05, 0) is 12.1 Å². The first kappa shape index (κ1) is 13.7. The Labute approximate surface area is 118 Å². The average Bonchev–Trinajstić information content (AvgIpc) is 3.05. The number of carbonyl (C=O) groups is 1. The van der Waals surface area contributed by atoms with E-state index in [9.17, 15) is 18.0 Å². The standard InChI is InChI=1S/C15H12F3NO2/c16-15(17,18)14(20)10-5-6-19(7-10)8-11-9-21-13-4-2-1-3-12(11)13/h1-7,11H,8-9H2. The van der Waals surface area contributed by atoms with Crippen molar-refractivity contribution in [3.8, 4) is 5.75 Å². The van der Waals surface area contributed by atoms with E-state index in [1.807, 2.05) is 24.3 Å². The van der Waals surface area contributed by atoms with Crippen LogP contribution in [-0.4, -0.2) is 23.1 Å². The third-order valence-corrected chi connectivity index (χ3v) is 3.50. The van der Waals surface area contributed by atoms with Crippen LogP contribution in [-0.2, 0) is 6.54 Å². The number of fused-ring (bicyclic) bond motifs is 1. The van der Waals surface area contributed by atoms with Crippen LogP contribution in [0.25, 0.3) is 0 Å². The number of carbonyl (C=O) groups excluding carboxylic acids is 1. The van der Waals surface area contributed by atoms with E-state index in [0.29, 0.717) is 13.2 Å². The number of Topliss-reactive ketones (excluding diaryl/α,β-unsaturated/α-hetero) is 1. The van der Waals surface area contributed by atoms with Crippen molar-refractivity contribution in [2.75, 3.05) is 6.61 Å². The molecule has 0 amide bonds. The predicted octanol–water partition coefficient (Wildman–Crippen LogP) is 3.41. The van der Waals surface area contributed by atoms with Gasteiger partial charge in [-0.3, -0.25) is 4.79 Å². The SMILES string of the molecule is O=C(c1ccn(CC2COc3ccccc32)c1)C(F)(F)F. The van der Waals surface area contributed by atoms with Gasteiger partial charge in [-0.25, -0.2) is 0 Å². The monoisotopic (exact) mass is 295 g/mol. The third-order valence-electron chi connectivity index (χ3n) is 3.50. The van der Waals surface area contributed by atoms with Crippen molar-refractivity contribution >= 4 is 5.78 Å². The Bertz CT molecular complexity index is 676. The van der Waals surface area contributed by atoms with Gasteiger partial charge in [0.25, 0.3) is 5.78 Å². The molecule has 3 rings (SSSR count). The maximum atomic E-state index is 12.4. The van der Waals surface area contributed by atoms with Crippen LogP contribution in [0.2, 0.25) is 0 Å². The van der Waals surface area contributed by atoms with Crippen molar-refractivity contribution in [2.45, 2.75) is 18.6 Å². The highest BCUT2D eigenvalue weighted by atomic mass is 19.4. The van der Waals surface area contributed by atoms with Gasteiger partial charge in [0.1, 0.15) is 5.75 Å². The van der Waals surface area contributed by atoms with Gasteiger partial charge in [0, 0.05) is 36.0 Å². The molecule has 0 aliphatic carbocycles. The number of aromatic nitrogens is 1. The molecule has 110 valence electrons. The third kappa shape index (κ3) is 2.66. The molecule has 0 bridgehead atoms. The predicted molar refractivity (Wildman–Crippen MR) is 69.5 cm³/mol. The molecular weight excluding hydrogens is 283 g/mol. The van der Waals surface area contributed by atoms with E-state index in [2.05, 4.69) is 0 Å². The molecule has 6 heteroatoms. The summed E-state index contributed by atoms with van der Waals surface area (Å²) >= 11 is 0. The van der Waals surface area contributed by atoms with Crippen LogP contribution < -0.4 is 4.74 Å². The summed E-state index contributed by atoms with van der Waals surface area (Å²) in [5.41, 5.74) is 0.699. The van der Waals surface area contributed by atoms with Crippen LogP contribution in [0.3, 0.4) is 0 Å². The molecule has 1 aromatic carbocycles. The number of nitrogens with zero attached hydrogens (tertiary/aromatic N) is 1.